The van der Waals surface area contributed by atoms with Gasteiger partial charge in [-0.25, -0.2) is 0 Å². The number of thioether (sulfide) groups is 2. The van der Waals surface area contributed by atoms with Crippen LogP contribution in [0.3, 0.4) is 0 Å². The van der Waals surface area contributed by atoms with Gasteiger partial charge in [-0.3, -0.25) is 62.3 Å². The minimum Gasteiger partial charge on any atom is -0.481 e. The second kappa shape index (κ2) is 45.9. The minimum absolute atomic E-state index is 0.00734. The van der Waals surface area contributed by atoms with Crippen molar-refractivity contribution in [3.05, 3.63) is 35.4 Å². The van der Waals surface area contributed by atoms with Crippen molar-refractivity contribution in [2.45, 2.75) is 298 Å². The highest BCUT2D eigenvalue weighted by molar-refractivity contribution is 7.98. The number of aliphatic hydroxyl groups is 4. The van der Waals surface area contributed by atoms with Crippen molar-refractivity contribution < 1.29 is 87.9 Å². The lowest BCUT2D eigenvalue weighted by molar-refractivity contribution is -0.139. The molecular weight excluding hydrogens is 1500 g/mol. The molecule has 0 aromatic heterocycles. The lowest BCUT2D eigenvalue weighted by atomic mass is 9.82. The normalized spacial score (nSPS) is 32.5. The lowest BCUT2D eigenvalue weighted by Crippen LogP contribution is -2.63. The van der Waals surface area contributed by atoms with Gasteiger partial charge in [0, 0.05) is 55.1 Å². The fraction of sp³-hybridized carbons (Fsp3) is 0.753. The number of hydrogen-bond acceptors (Lipinski definition) is 23. The molecule has 6 aliphatic rings. The monoisotopic (exact) mass is 1630 g/mol. The summed E-state index contributed by atoms with van der Waals surface area (Å²) >= 11 is 2.74. The van der Waals surface area contributed by atoms with E-state index in [4.69, 9.17) is 5.73 Å². The fourth-order valence-electron chi connectivity index (χ4n) is 15.6. The number of benzene rings is 1. The van der Waals surface area contributed by atoms with E-state index < -0.39 is 192 Å². The molecule has 113 heavy (non-hydrogen) atoms. The van der Waals surface area contributed by atoms with E-state index in [0.717, 1.165) is 30.5 Å². The molecule has 17 atom stereocenters. The van der Waals surface area contributed by atoms with Crippen molar-refractivity contribution >= 4 is 100 Å². The molecule has 3 saturated heterocycles. The van der Waals surface area contributed by atoms with Gasteiger partial charge in [0.05, 0.1) is 30.6 Å². The number of hydrogen-bond donors (Lipinski definition) is 21. The van der Waals surface area contributed by atoms with Gasteiger partial charge in [-0.05, 0) is 176 Å². The number of primary amides is 1. The lowest BCUT2D eigenvalue weighted by Gasteiger charge is -2.34. The van der Waals surface area contributed by atoms with Crippen molar-refractivity contribution in [1.82, 2.24) is 79.8 Å². The molecule has 2 aliphatic carbocycles. The average molecular weight is 1630 g/mol. The maximum Gasteiger partial charge on any atom is 0.303 e. The third kappa shape index (κ3) is 30.1. The number of aliphatic hydroxyl groups excluding tert-OH is 4. The largest absolute Gasteiger partial charge is 0.481 e. The number of carbonyl (C=O) groups is 13. The van der Waals surface area contributed by atoms with Gasteiger partial charge >= 0.3 is 5.97 Å². The number of fused-ring (bicyclic) bond motifs is 3. The molecule has 5 fully saturated rings. The zero-order chi connectivity index (χ0) is 82.6. The summed E-state index contributed by atoms with van der Waals surface area (Å²) in [5.41, 5.74) is 6.68. The van der Waals surface area contributed by atoms with E-state index in [1.165, 1.54) is 37.4 Å². The second-order valence-electron chi connectivity index (χ2n) is 32.6. The van der Waals surface area contributed by atoms with Crippen molar-refractivity contribution in [2.75, 3.05) is 37.8 Å². The molecule has 22 N–H and O–H groups in total. The Bertz CT molecular complexity index is 3370. The zero-order valence-corrected chi connectivity index (χ0v) is 68.0. The Hall–Kier alpha value is -7.29. The Morgan fingerprint density at radius 1 is 0.531 bits per heavy atom. The summed E-state index contributed by atoms with van der Waals surface area (Å²) in [4.78, 5) is 187. The van der Waals surface area contributed by atoms with Gasteiger partial charge in [-0.2, -0.15) is 23.5 Å². The molecule has 36 heteroatoms. The molecule has 7 rings (SSSR count). The van der Waals surface area contributed by atoms with Gasteiger partial charge in [-0.1, -0.05) is 71.7 Å². The van der Waals surface area contributed by atoms with E-state index in [1.54, 1.807) is 34.6 Å². The van der Waals surface area contributed by atoms with Crippen LogP contribution in [0.4, 0.5) is 0 Å². The summed E-state index contributed by atoms with van der Waals surface area (Å²) in [6.07, 6.45) is -0.107. The summed E-state index contributed by atoms with van der Waals surface area (Å²) in [5.74, 6) is -11.2. The molecule has 4 heterocycles. The number of nitrogens with two attached hydrogens (primary N) is 1. The third-order valence-corrected chi connectivity index (χ3v) is 24.3. The summed E-state index contributed by atoms with van der Waals surface area (Å²) in [6, 6.07) is -8.90. The third-order valence-electron chi connectivity index (χ3n) is 22.2. The second-order valence-corrected chi connectivity index (χ2v) is 34.7. The molecule has 0 radical (unpaired) electrons. The van der Waals surface area contributed by atoms with Gasteiger partial charge in [0.2, 0.25) is 70.9 Å². The Morgan fingerprint density at radius 2 is 0.991 bits per heavy atom. The highest BCUT2D eigenvalue weighted by Crippen LogP contribution is 2.34. The van der Waals surface area contributed by atoms with Crippen LogP contribution in [0.15, 0.2) is 24.3 Å². The van der Waals surface area contributed by atoms with Crippen molar-refractivity contribution in [1.29, 1.82) is 0 Å². The predicted molar refractivity (Wildman–Crippen MR) is 424 cm³/mol. The van der Waals surface area contributed by atoms with Gasteiger partial charge < -0.3 is 111 Å². The summed E-state index contributed by atoms with van der Waals surface area (Å²) in [6.45, 7) is 13.1. The highest BCUT2D eigenvalue weighted by atomic mass is 32.2. The smallest absolute Gasteiger partial charge is 0.303 e. The molecular formula is C77H126N16O18S2. The molecule has 0 spiro atoms. The molecule has 634 valence electrons. The number of carboxylic acids is 1. The van der Waals surface area contributed by atoms with E-state index in [0.29, 0.717) is 94.8 Å². The molecule has 4 aliphatic heterocycles. The van der Waals surface area contributed by atoms with Crippen LogP contribution in [-0.4, -0.2) is 243 Å². The number of carboxylic acid groups (broad SMARTS) is 1. The Balaban J connectivity index is 1.23. The van der Waals surface area contributed by atoms with Crippen LogP contribution in [0.5, 0.6) is 0 Å². The Morgan fingerprint density at radius 3 is 1.49 bits per heavy atom. The van der Waals surface area contributed by atoms with Crippen LogP contribution >= 0.6 is 23.5 Å². The number of piperidine rings is 1. The topological polar surface area (TPSA) is 530 Å². The van der Waals surface area contributed by atoms with E-state index in [9.17, 15) is 73.5 Å². The molecule has 34 nitrogen and oxygen atoms in total. The maximum absolute atomic E-state index is 15.2. The SMILES string of the molecule is CCC[C@@H]1NC(=O)[C@H](CC2CNC3NCCCC23)NC(=O)[C@H]([C@@H](C)O)NC(=O)[C@H](CC2CNCN2)NC(=O)[C@H](CC2CCC(O)CC2)NC(=O)[C@H](C(C)(C)C)NC(=O)CCSCc2cccc(c2)CSC[C@@H](C(N)=O)NC(=O)[C@@H]([C@H](C)O)NC(=O)[C@H](CCC)NC(=O)[C@H](CC2CCC(O)CC2)NC(=O)[C@H](CCC(=O)O)NC1=O. The van der Waals surface area contributed by atoms with E-state index in [-0.39, 0.29) is 87.0 Å². The Kier molecular flexibility index (Phi) is 37.7. The van der Waals surface area contributed by atoms with Gasteiger partial charge in [0.15, 0.2) is 0 Å². The van der Waals surface area contributed by atoms with Crippen LogP contribution in [0.2, 0.25) is 0 Å². The van der Waals surface area contributed by atoms with Crippen LogP contribution < -0.4 is 85.5 Å². The first-order chi connectivity index (χ1) is 53.7. The molecule has 1 aromatic carbocycles. The van der Waals surface area contributed by atoms with Crippen LogP contribution in [0.1, 0.15) is 194 Å². The van der Waals surface area contributed by atoms with E-state index >= 15 is 14.4 Å². The van der Waals surface area contributed by atoms with E-state index in [2.05, 4.69) is 79.8 Å². The van der Waals surface area contributed by atoms with Gasteiger partial charge in [0.1, 0.15) is 66.5 Å². The number of carbonyl (C=O) groups excluding carboxylic acids is 12. The van der Waals surface area contributed by atoms with Crippen LogP contribution in [0, 0.1) is 29.1 Å². The summed E-state index contributed by atoms with van der Waals surface area (Å²) in [7, 11) is 0. The number of nitrogens with one attached hydrogen (secondary N) is 15. The van der Waals surface area contributed by atoms with Crippen molar-refractivity contribution in [3.63, 3.8) is 0 Å². The fourth-order valence-corrected chi connectivity index (χ4v) is 17.6. The van der Waals surface area contributed by atoms with Crippen molar-refractivity contribution in [3.8, 4) is 0 Å². The van der Waals surface area contributed by atoms with E-state index in [1.807, 2.05) is 24.3 Å². The number of amides is 12. The summed E-state index contributed by atoms with van der Waals surface area (Å²) in [5, 5.41) is 96.7. The van der Waals surface area contributed by atoms with Gasteiger partial charge in [-0.15, -0.1) is 0 Å². The predicted octanol–water partition coefficient (Wildman–Crippen LogP) is -1.63. The average Bonchev–Trinajstić information content (AvgIpc) is 1.75. The van der Waals surface area contributed by atoms with Crippen molar-refractivity contribution in [2.24, 2.45) is 34.8 Å². The molecule has 1 aromatic rings. The first kappa shape index (κ1) is 92.9. The first-order valence-corrected chi connectivity index (χ1v) is 42.7. The van der Waals surface area contributed by atoms with Crippen LogP contribution in [-0.2, 0) is 73.8 Å². The first-order valence-electron chi connectivity index (χ1n) is 40.4. The summed E-state index contributed by atoms with van der Waals surface area (Å²) < 4.78 is 0. The maximum atomic E-state index is 15.2. The quantitative estimate of drug-likeness (QED) is 0.0785. The molecule has 12 amide bonds. The number of aliphatic carboxylic acids is 1. The number of rotatable bonds is 18. The molecule has 4 unspecified atom stereocenters. The van der Waals surface area contributed by atoms with Gasteiger partial charge in [0.25, 0.3) is 0 Å². The molecule has 2 saturated carbocycles. The molecule has 2 bridgehead atoms. The minimum atomic E-state index is -1.78. The highest BCUT2D eigenvalue weighted by Gasteiger charge is 2.44. The zero-order valence-electron chi connectivity index (χ0n) is 66.4. The van der Waals surface area contributed by atoms with Crippen LogP contribution in [0.25, 0.3) is 0 Å². The Labute approximate surface area is 670 Å². The standard InChI is InChI=1S/C77H126N16O18S2/c1-8-12-52-67(102)85-54(25-26-61(99)100)68(103)86-55(31-43-17-21-49(96)22-18-43)70(105)84-53(13-9-2)69(104)92-63(42(4)95)75(110)90-59(65(78)101)39-113-38-46-15-10-14-45(30-46)37-112-29-27-60(98)91-64(77(5,6)7)76(111)89-56(32-44-19-23-50(97)24-20-44)71(106)87-58(34-48-36-79-40-82-48)73(108)93-62(41(3)94)74(109)88-57(72(107)83-52)33-47-35-81-66-51(47)16-11-28-80-66/h10,14-15,30,41-44,47-59,62-64,66,79-82,94-97H,8-9,11-13,16-29,31-40H2,1-7H3,(H2,78,101)(H,83,107)(H,84,105)(H,85,102)(H,86,103)(H,87,106)(H,88,109)(H,89,111)(H,90,110)(H,91,98)(H,92,104)(H,93,108)(H,99,100)/t41-,42+,43?,44?,47?,48?,49?,50?,51?,52+,53+,54+,55+,56+,57+,58+,59+,62+,63-,64-,66?/m1/s1.